The highest BCUT2D eigenvalue weighted by Crippen LogP contribution is 2.38. The Hall–Kier alpha value is -1.42. The van der Waals surface area contributed by atoms with Crippen LogP contribution in [-0.2, 0) is 0 Å². The van der Waals surface area contributed by atoms with Crippen molar-refractivity contribution in [2.75, 3.05) is 6.54 Å². The van der Waals surface area contributed by atoms with Crippen LogP contribution in [0.3, 0.4) is 0 Å². The fraction of sp³-hybridized carbons (Fsp3) is 0.250. The van der Waals surface area contributed by atoms with Crippen LogP contribution < -0.4 is 5.32 Å². The third-order valence-electron chi connectivity index (χ3n) is 1.90. The van der Waals surface area contributed by atoms with Crippen LogP contribution in [0.4, 0.5) is 0 Å². The summed E-state index contributed by atoms with van der Waals surface area (Å²) in [5.41, 5.74) is 0.794. The molecule has 0 aliphatic carbocycles. The molecule has 1 aliphatic heterocycles. The molecule has 0 amide bonds. The number of nitrogens with one attached hydrogen (secondary N) is 1. The summed E-state index contributed by atoms with van der Waals surface area (Å²) in [5.74, 6) is -1.02. The van der Waals surface area contributed by atoms with Gasteiger partial charge in [0.2, 0.25) is 0 Å². The first kappa shape index (κ1) is 7.24. The Bertz CT molecular complexity index is 297. The third kappa shape index (κ3) is 1.06. The van der Waals surface area contributed by atoms with Crippen LogP contribution in [-0.4, -0.2) is 21.9 Å². The van der Waals surface area contributed by atoms with Gasteiger partial charge in [-0.1, -0.05) is 0 Å². The standard InChI is InChI=1S/C8H9NO3/c10-6-1-4(5-3-9-5)2-7(11)8(6)12/h1-2,5,9-12H,3H2/t5-/m1/s1. The second-order valence-electron chi connectivity index (χ2n) is 2.87. The number of hydrogen-bond donors (Lipinski definition) is 4. The highest BCUT2D eigenvalue weighted by Gasteiger charge is 2.24. The van der Waals surface area contributed by atoms with Crippen molar-refractivity contribution in [1.82, 2.24) is 5.32 Å². The lowest BCUT2D eigenvalue weighted by molar-refractivity contribution is 0.367. The number of benzene rings is 1. The van der Waals surface area contributed by atoms with E-state index in [1.54, 1.807) is 0 Å². The molecule has 4 heteroatoms. The van der Waals surface area contributed by atoms with Crippen molar-refractivity contribution >= 4 is 0 Å². The molecule has 0 aromatic heterocycles. The SMILES string of the molecule is Oc1cc([C@H]2CN2)cc(O)c1O. The molecular weight excluding hydrogens is 158 g/mol. The molecule has 0 saturated carbocycles. The van der Waals surface area contributed by atoms with E-state index >= 15 is 0 Å². The molecule has 64 valence electrons. The predicted octanol–water partition coefficient (Wildman–Crippen LogP) is 0.448. The van der Waals surface area contributed by atoms with Gasteiger partial charge in [0.1, 0.15) is 0 Å². The highest BCUT2D eigenvalue weighted by molar-refractivity contribution is 5.52. The number of phenols is 3. The molecule has 0 spiro atoms. The molecule has 4 nitrogen and oxygen atoms in total. The second-order valence-corrected chi connectivity index (χ2v) is 2.87. The molecule has 0 unspecified atom stereocenters. The Morgan fingerprint density at radius 1 is 1.17 bits per heavy atom. The zero-order chi connectivity index (χ0) is 8.72. The zero-order valence-corrected chi connectivity index (χ0v) is 6.28. The van der Waals surface area contributed by atoms with Gasteiger partial charge in [-0.15, -0.1) is 0 Å². The van der Waals surface area contributed by atoms with Crippen molar-refractivity contribution < 1.29 is 15.3 Å². The lowest BCUT2D eigenvalue weighted by Gasteiger charge is -2.03. The van der Waals surface area contributed by atoms with E-state index in [0.717, 1.165) is 12.1 Å². The van der Waals surface area contributed by atoms with Gasteiger partial charge in [-0.3, -0.25) is 0 Å². The first-order chi connectivity index (χ1) is 5.68. The number of rotatable bonds is 1. The smallest absolute Gasteiger partial charge is 0.200 e. The van der Waals surface area contributed by atoms with Gasteiger partial charge < -0.3 is 20.6 Å². The lowest BCUT2D eigenvalue weighted by Crippen LogP contribution is -1.84. The molecule has 1 saturated heterocycles. The topological polar surface area (TPSA) is 82.6 Å². The van der Waals surface area contributed by atoms with Gasteiger partial charge in [-0.25, -0.2) is 0 Å². The first-order valence-electron chi connectivity index (χ1n) is 3.66. The van der Waals surface area contributed by atoms with E-state index in [1.807, 2.05) is 0 Å². The number of aromatic hydroxyl groups is 3. The minimum absolute atomic E-state index is 0.211. The van der Waals surface area contributed by atoms with Crippen molar-refractivity contribution in [1.29, 1.82) is 0 Å². The summed E-state index contributed by atoms with van der Waals surface area (Å²) in [4.78, 5) is 0. The van der Waals surface area contributed by atoms with Crippen LogP contribution in [0, 0.1) is 0 Å². The summed E-state index contributed by atoms with van der Waals surface area (Å²) < 4.78 is 0. The Morgan fingerprint density at radius 2 is 1.67 bits per heavy atom. The normalized spacial score (nSPS) is 20.8. The zero-order valence-electron chi connectivity index (χ0n) is 6.28. The largest absolute Gasteiger partial charge is 0.504 e. The molecular formula is C8H9NO3. The van der Waals surface area contributed by atoms with Crippen molar-refractivity contribution in [3.63, 3.8) is 0 Å². The highest BCUT2D eigenvalue weighted by atomic mass is 16.3. The molecule has 1 atom stereocenters. The maximum atomic E-state index is 9.12. The van der Waals surface area contributed by atoms with Gasteiger partial charge in [0.05, 0.1) is 0 Å². The van der Waals surface area contributed by atoms with Crippen LogP contribution in [0.2, 0.25) is 0 Å². The molecule has 1 aromatic rings. The minimum Gasteiger partial charge on any atom is -0.504 e. The maximum Gasteiger partial charge on any atom is 0.200 e. The molecule has 0 bridgehead atoms. The van der Waals surface area contributed by atoms with Gasteiger partial charge >= 0.3 is 0 Å². The van der Waals surface area contributed by atoms with E-state index in [2.05, 4.69) is 5.32 Å². The van der Waals surface area contributed by atoms with Crippen LogP contribution in [0.1, 0.15) is 11.6 Å². The molecule has 0 radical (unpaired) electrons. The molecule has 1 aromatic carbocycles. The molecule has 4 N–H and O–H groups in total. The lowest BCUT2D eigenvalue weighted by atomic mass is 10.1. The number of phenolic OH excluding ortho intramolecular Hbond substituents is 3. The van der Waals surface area contributed by atoms with Gasteiger partial charge in [0, 0.05) is 12.6 Å². The summed E-state index contributed by atoms with van der Waals surface area (Å²) in [5, 5.41) is 30.3. The quantitative estimate of drug-likeness (QED) is 0.361. The van der Waals surface area contributed by atoms with Crippen molar-refractivity contribution in [3.05, 3.63) is 17.7 Å². The van der Waals surface area contributed by atoms with Crippen LogP contribution >= 0.6 is 0 Å². The fourth-order valence-electron chi connectivity index (χ4n) is 1.12. The van der Waals surface area contributed by atoms with Gasteiger partial charge in [-0.2, -0.15) is 0 Å². The van der Waals surface area contributed by atoms with E-state index in [9.17, 15) is 0 Å². The van der Waals surface area contributed by atoms with E-state index in [4.69, 9.17) is 15.3 Å². The van der Waals surface area contributed by atoms with Crippen molar-refractivity contribution in [3.8, 4) is 17.2 Å². The predicted molar refractivity (Wildman–Crippen MR) is 42.2 cm³/mol. The van der Waals surface area contributed by atoms with Crippen molar-refractivity contribution in [2.45, 2.75) is 6.04 Å². The minimum atomic E-state index is -0.459. The van der Waals surface area contributed by atoms with E-state index in [1.165, 1.54) is 12.1 Å². The van der Waals surface area contributed by atoms with Crippen molar-refractivity contribution in [2.24, 2.45) is 0 Å². The van der Waals surface area contributed by atoms with Gasteiger partial charge in [0.25, 0.3) is 0 Å². The van der Waals surface area contributed by atoms with Crippen LogP contribution in [0.25, 0.3) is 0 Å². The summed E-state index contributed by atoms with van der Waals surface area (Å²) in [7, 11) is 0. The third-order valence-corrected chi connectivity index (χ3v) is 1.90. The molecule has 1 fully saturated rings. The van der Waals surface area contributed by atoms with E-state index < -0.39 is 5.75 Å². The Balaban J connectivity index is 2.45. The number of hydrogen-bond acceptors (Lipinski definition) is 4. The average Bonchev–Trinajstić information content (AvgIpc) is 2.81. The summed E-state index contributed by atoms with van der Waals surface area (Å²) in [6, 6.07) is 3.10. The first-order valence-corrected chi connectivity index (χ1v) is 3.66. The summed E-state index contributed by atoms with van der Waals surface area (Å²) in [6.45, 7) is 0.851. The molecule has 12 heavy (non-hydrogen) atoms. The van der Waals surface area contributed by atoms with E-state index in [-0.39, 0.29) is 17.5 Å². The summed E-state index contributed by atoms with van der Waals surface area (Å²) in [6.07, 6.45) is 0. The van der Waals surface area contributed by atoms with E-state index in [0.29, 0.717) is 0 Å². The fourth-order valence-corrected chi connectivity index (χ4v) is 1.12. The Kier molecular flexibility index (Phi) is 1.38. The van der Waals surface area contributed by atoms with Gasteiger partial charge in [0.15, 0.2) is 17.2 Å². The molecule has 2 rings (SSSR count). The second kappa shape index (κ2) is 2.28. The summed E-state index contributed by atoms with van der Waals surface area (Å²) >= 11 is 0. The molecule has 1 heterocycles. The van der Waals surface area contributed by atoms with Crippen LogP contribution in [0.5, 0.6) is 17.2 Å². The van der Waals surface area contributed by atoms with Gasteiger partial charge in [-0.05, 0) is 17.7 Å². The molecule has 1 aliphatic rings. The maximum absolute atomic E-state index is 9.12. The Morgan fingerprint density at radius 3 is 2.08 bits per heavy atom. The Labute approximate surface area is 69.1 Å². The van der Waals surface area contributed by atoms with Crippen LogP contribution in [0.15, 0.2) is 12.1 Å². The average molecular weight is 167 g/mol. The monoisotopic (exact) mass is 167 g/mol.